The van der Waals surface area contributed by atoms with Gasteiger partial charge in [0.2, 0.25) is 5.91 Å². The Hall–Kier alpha value is -1.28. The van der Waals surface area contributed by atoms with E-state index in [9.17, 15) is 19.4 Å². The average Bonchev–Trinajstić information content (AvgIpc) is 3.20. The van der Waals surface area contributed by atoms with E-state index in [1.165, 1.54) is 167 Å². The van der Waals surface area contributed by atoms with Crippen molar-refractivity contribution in [3.8, 4) is 0 Å². The molecule has 0 spiro atoms. The van der Waals surface area contributed by atoms with Crippen LogP contribution in [0.25, 0.3) is 0 Å². The first-order chi connectivity index (χ1) is 29.0. The standard InChI is InChI=1S/C51H99N2O6P/c1-6-8-10-12-14-16-18-19-20-21-22-23-24-25-26-27-28-29-30-31-32-33-35-37-39-41-43-45-51(55)52-49(48-59-60(56,57)58-47-46-53(3,4)5)50(54)44-42-40-38-36-34-17-15-13-11-9-7-2/h22-23,25-26,42,44,49-50,54H,6-21,24,27-41,43,45-48H2,1-5H3,(H-,52,55,56,57)/b23-22-,26-25-,44-42+. The zero-order valence-electron chi connectivity index (χ0n) is 40.2. The van der Waals surface area contributed by atoms with Crippen molar-refractivity contribution >= 4 is 13.7 Å². The van der Waals surface area contributed by atoms with Crippen LogP contribution in [0.4, 0.5) is 0 Å². The fraction of sp³-hybridized carbons (Fsp3) is 0.863. The van der Waals surface area contributed by atoms with Crippen LogP contribution < -0.4 is 10.2 Å². The number of likely N-dealkylation sites (N-methyl/N-ethyl adjacent to an activating group) is 1. The molecule has 0 fully saturated rings. The first-order valence-corrected chi connectivity index (χ1v) is 26.8. The normalized spacial score (nSPS) is 14.4. The zero-order valence-corrected chi connectivity index (χ0v) is 41.1. The quantitative estimate of drug-likeness (QED) is 0.0273. The van der Waals surface area contributed by atoms with Gasteiger partial charge in [0.05, 0.1) is 39.9 Å². The Bertz CT molecular complexity index is 1070. The molecule has 0 aromatic heterocycles. The molecule has 0 aromatic rings. The topological polar surface area (TPSA) is 108 Å². The molecule has 60 heavy (non-hydrogen) atoms. The lowest BCUT2D eigenvalue weighted by Crippen LogP contribution is -2.45. The maximum Gasteiger partial charge on any atom is 0.268 e. The zero-order chi connectivity index (χ0) is 44.3. The molecule has 0 saturated carbocycles. The van der Waals surface area contributed by atoms with Crippen LogP contribution in [-0.2, 0) is 18.4 Å². The third-order valence-electron chi connectivity index (χ3n) is 11.3. The first-order valence-electron chi connectivity index (χ1n) is 25.4. The van der Waals surface area contributed by atoms with Gasteiger partial charge in [0.1, 0.15) is 13.2 Å². The fourth-order valence-electron chi connectivity index (χ4n) is 7.30. The van der Waals surface area contributed by atoms with Crippen LogP contribution in [0.5, 0.6) is 0 Å². The van der Waals surface area contributed by atoms with Gasteiger partial charge in [0.25, 0.3) is 7.82 Å². The molecule has 0 aliphatic rings. The van der Waals surface area contributed by atoms with Crippen LogP contribution in [0.2, 0.25) is 0 Å². The number of unbranched alkanes of at least 4 members (excludes halogenated alkanes) is 29. The molecule has 0 aromatic carbocycles. The molecule has 3 unspecified atom stereocenters. The first kappa shape index (κ1) is 58.7. The van der Waals surface area contributed by atoms with E-state index in [2.05, 4.69) is 43.5 Å². The number of nitrogens with one attached hydrogen (secondary N) is 1. The number of phosphoric ester groups is 1. The molecule has 8 nitrogen and oxygen atoms in total. The minimum atomic E-state index is -4.59. The number of allylic oxidation sites excluding steroid dienone is 5. The summed E-state index contributed by atoms with van der Waals surface area (Å²) in [5.41, 5.74) is 0. The van der Waals surface area contributed by atoms with Crippen molar-refractivity contribution in [3.63, 3.8) is 0 Å². The van der Waals surface area contributed by atoms with Crippen LogP contribution >= 0.6 is 7.82 Å². The Morgan fingerprint density at radius 1 is 0.583 bits per heavy atom. The number of aliphatic hydroxyl groups is 1. The Morgan fingerprint density at radius 3 is 1.38 bits per heavy atom. The highest BCUT2D eigenvalue weighted by molar-refractivity contribution is 7.45. The van der Waals surface area contributed by atoms with Gasteiger partial charge < -0.3 is 28.8 Å². The monoisotopic (exact) mass is 867 g/mol. The summed E-state index contributed by atoms with van der Waals surface area (Å²) in [6, 6.07) is -0.885. The highest BCUT2D eigenvalue weighted by Gasteiger charge is 2.23. The fourth-order valence-corrected chi connectivity index (χ4v) is 8.02. The second-order valence-electron chi connectivity index (χ2n) is 18.5. The Kier molecular flexibility index (Phi) is 42.1. The maximum atomic E-state index is 12.9. The second-order valence-corrected chi connectivity index (χ2v) is 19.9. The minimum absolute atomic E-state index is 0.00140. The summed E-state index contributed by atoms with van der Waals surface area (Å²) in [5, 5.41) is 13.8. The molecule has 0 aliphatic carbocycles. The molecule has 0 radical (unpaired) electrons. The van der Waals surface area contributed by atoms with E-state index in [4.69, 9.17) is 9.05 Å². The van der Waals surface area contributed by atoms with Gasteiger partial charge >= 0.3 is 0 Å². The van der Waals surface area contributed by atoms with Crippen molar-refractivity contribution < 1.29 is 32.9 Å². The molecule has 0 aliphatic heterocycles. The summed E-state index contributed by atoms with van der Waals surface area (Å²) in [4.78, 5) is 25.3. The van der Waals surface area contributed by atoms with Gasteiger partial charge in [-0.15, -0.1) is 0 Å². The van der Waals surface area contributed by atoms with Crippen LogP contribution in [0.15, 0.2) is 36.5 Å². The van der Waals surface area contributed by atoms with Crippen LogP contribution in [0.1, 0.15) is 232 Å². The van der Waals surface area contributed by atoms with Gasteiger partial charge in [-0.2, -0.15) is 0 Å². The van der Waals surface area contributed by atoms with Crippen molar-refractivity contribution in [2.45, 2.75) is 244 Å². The number of rotatable bonds is 46. The van der Waals surface area contributed by atoms with Crippen LogP contribution in [0, 0.1) is 0 Å². The number of nitrogens with zero attached hydrogens (tertiary/aromatic N) is 1. The summed E-state index contributed by atoms with van der Waals surface area (Å²) in [6.07, 6.45) is 53.5. The van der Waals surface area contributed by atoms with Gasteiger partial charge in [-0.05, 0) is 51.4 Å². The average molecular weight is 867 g/mol. The lowest BCUT2D eigenvalue weighted by molar-refractivity contribution is -0.870. The van der Waals surface area contributed by atoms with Gasteiger partial charge in [0, 0.05) is 6.42 Å². The van der Waals surface area contributed by atoms with E-state index in [0.717, 1.165) is 44.9 Å². The number of aliphatic hydroxyl groups excluding tert-OH is 1. The van der Waals surface area contributed by atoms with Gasteiger partial charge in [-0.25, -0.2) is 0 Å². The summed E-state index contributed by atoms with van der Waals surface area (Å²) < 4.78 is 23.2. The molecule has 2 N–H and O–H groups in total. The molecule has 3 atom stereocenters. The summed E-state index contributed by atoms with van der Waals surface area (Å²) >= 11 is 0. The lowest BCUT2D eigenvalue weighted by Gasteiger charge is -2.29. The van der Waals surface area contributed by atoms with Crippen molar-refractivity contribution in [3.05, 3.63) is 36.5 Å². The van der Waals surface area contributed by atoms with E-state index < -0.39 is 20.0 Å². The number of hydrogen-bond acceptors (Lipinski definition) is 6. The van der Waals surface area contributed by atoms with Crippen molar-refractivity contribution in [2.75, 3.05) is 40.9 Å². The Morgan fingerprint density at radius 2 is 0.967 bits per heavy atom. The second kappa shape index (κ2) is 43.0. The number of quaternary nitrogens is 1. The number of hydrogen-bond donors (Lipinski definition) is 2. The van der Waals surface area contributed by atoms with Gasteiger partial charge in [-0.3, -0.25) is 9.36 Å². The third-order valence-corrected chi connectivity index (χ3v) is 12.3. The Balaban J connectivity index is 4.15. The number of carbonyl (C=O) groups excluding carboxylic acids is 1. The SMILES string of the molecule is CCCCCCCCCCC/C=C\C/C=C\CCCCCCCCCCCCCC(=O)NC(COP(=O)([O-])OCC[N+](C)(C)C)C(O)/C=C/CCCCCCCCCCC. The van der Waals surface area contributed by atoms with Crippen molar-refractivity contribution in [1.29, 1.82) is 0 Å². The minimum Gasteiger partial charge on any atom is -0.756 e. The van der Waals surface area contributed by atoms with E-state index in [1.807, 2.05) is 27.2 Å². The molecular weight excluding hydrogens is 768 g/mol. The number of amides is 1. The summed E-state index contributed by atoms with van der Waals surface area (Å²) in [5.74, 6) is -0.200. The molecule has 1 amide bonds. The predicted octanol–water partition coefficient (Wildman–Crippen LogP) is 14.0. The summed E-state index contributed by atoms with van der Waals surface area (Å²) in [6.45, 7) is 4.64. The Labute approximate surface area is 372 Å². The van der Waals surface area contributed by atoms with E-state index in [-0.39, 0.29) is 19.1 Å². The maximum absolute atomic E-state index is 12.9. The molecule has 0 saturated heterocycles. The highest BCUT2D eigenvalue weighted by atomic mass is 31.2. The van der Waals surface area contributed by atoms with Crippen molar-refractivity contribution in [2.24, 2.45) is 0 Å². The van der Waals surface area contributed by atoms with E-state index in [0.29, 0.717) is 17.4 Å². The van der Waals surface area contributed by atoms with Crippen LogP contribution in [-0.4, -0.2) is 68.5 Å². The smallest absolute Gasteiger partial charge is 0.268 e. The molecule has 0 bridgehead atoms. The lowest BCUT2D eigenvalue weighted by atomic mass is 10.0. The predicted molar refractivity (Wildman–Crippen MR) is 256 cm³/mol. The molecular formula is C51H99N2O6P. The molecule has 0 rings (SSSR count). The number of carbonyl (C=O) groups is 1. The highest BCUT2D eigenvalue weighted by Crippen LogP contribution is 2.38. The molecule has 0 heterocycles. The molecule has 9 heteroatoms. The molecule has 354 valence electrons. The largest absolute Gasteiger partial charge is 0.756 e. The summed E-state index contributed by atoms with van der Waals surface area (Å²) in [7, 11) is 1.26. The third kappa shape index (κ3) is 44.8. The number of phosphoric acid groups is 1. The van der Waals surface area contributed by atoms with E-state index >= 15 is 0 Å². The van der Waals surface area contributed by atoms with Gasteiger partial charge in [0.15, 0.2) is 0 Å². The van der Waals surface area contributed by atoms with Crippen LogP contribution in [0.3, 0.4) is 0 Å². The van der Waals surface area contributed by atoms with Crippen molar-refractivity contribution in [1.82, 2.24) is 5.32 Å². The van der Waals surface area contributed by atoms with Gasteiger partial charge in [-0.1, -0.05) is 211 Å². The van der Waals surface area contributed by atoms with E-state index in [1.54, 1.807) is 6.08 Å².